The van der Waals surface area contributed by atoms with Crippen molar-refractivity contribution in [2.24, 2.45) is 0 Å². The Kier molecular flexibility index (Phi) is 4.24. The van der Waals surface area contributed by atoms with Crippen LogP contribution in [0.25, 0.3) is 6.08 Å². The third kappa shape index (κ3) is 2.76. The van der Waals surface area contributed by atoms with Gasteiger partial charge in [0.1, 0.15) is 5.82 Å². The van der Waals surface area contributed by atoms with Crippen LogP contribution in [0.2, 0.25) is 0 Å². The zero-order valence-electron chi connectivity index (χ0n) is 8.68. The van der Waals surface area contributed by atoms with Crippen molar-refractivity contribution in [3.05, 3.63) is 35.4 Å². The molecular weight excluding hydrogens is 200 g/mol. The van der Waals surface area contributed by atoms with E-state index in [1.165, 1.54) is 25.3 Å². The summed E-state index contributed by atoms with van der Waals surface area (Å²) in [5.74, 6) is -1.23. The summed E-state index contributed by atoms with van der Waals surface area (Å²) in [6, 6.07) is 2.45. The summed E-state index contributed by atoms with van der Waals surface area (Å²) in [6.07, 6.45) is 3.03. The molecule has 82 valence electrons. The third-order valence-corrected chi connectivity index (χ3v) is 1.92. The number of hydrogen-bond acceptors (Lipinski definition) is 2. The zero-order chi connectivity index (χ0) is 11.3. The van der Waals surface area contributed by atoms with E-state index in [9.17, 15) is 8.78 Å². The summed E-state index contributed by atoms with van der Waals surface area (Å²) in [5.41, 5.74) is -0.0791. The monoisotopic (exact) mass is 213 g/mol. The van der Waals surface area contributed by atoms with E-state index in [-0.39, 0.29) is 11.3 Å². The second-order valence-electron chi connectivity index (χ2n) is 2.94. The molecule has 0 unspecified atom stereocenters. The third-order valence-electron chi connectivity index (χ3n) is 1.92. The van der Waals surface area contributed by atoms with E-state index in [0.29, 0.717) is 6.54 Å². The van der Waals surface area contributed by atoms with E-state index in [2.05, 4.69) is 5.32 Å². The second-order valence-corrected chi connectivity index (χ2v) is 2.94. The average Bonchev–Trinajstić information content (AvgIpc) is 2.23. The molecule has 15 heavy (non-hydrogen) atoms. The van der Waals surface area contributed by atoms with Gasteiger partial charge in [0.2, 0.25) is 0 Å². The fourth-order valence-electron chi connectivity index (χ4n) is 1.15. The minimum atomic E-state index is -0.676. The van der Waals surface area contributed by atoms with Crippen molar-refractivity contribution in [2.75, 3.05) is 20.7 Å². The van der Waals surface area contributed by atoms with Crippen LogP contribution in [0.3, 0.4) is 0 Å². The highest BCUT2D eigenvalue weighted by Gasteiger charge is 2.11. The molecule has 0 radical (unpaired) electrons. The Bertz CT molecular complexity index is 364. The van der Waals surface area contributed by atoms with Crippen molar-refractivity contribution < 1.29 is 13.5 Å². The first-order chi connectivity index (χ1) is 7.20. The van der Waals surface area contributed by atoms with E-state index in [0.717, 1.165) is 0 Å². The van der Waals surface area contributed by atoms with Crippen molar-refractivity contribution in [1.82, 2.24) is 5.32 Å². The molecule has 0 aliphatic carbocycles. The van der Waals surface area contributed by atoms with Crippen molar-refractivity contribution in [1.29, 1.82) is 0 Å². The van der Waals surface area contributed by atoms with Gasteiger partial charge in [-0.2, -0.15) is 0 Å². The van der Waals surface area contributed by atoms with Crippen molar-refractivity contribution >= 4 is 6.08 Å². The maximum absolute atomic E-state index is 13.5. The number of rotatable bonds is 4. The van der Waals surface area contributed by atoms with Crippen LogP contribution in [0.15, 0.2) is 18.2 Å². The lowest BCUT2D eigenvalue weighted by atomic mass is 10.1. The van der Waals surface area contributed by atoms with E-state index in [4.69, 9.17) is 4.74 Å². The van der Waals surface area contributed by atoms with Crippen LogP contribution in [0, 0.1) is 11.6 Å². The SMILES string of the molecule is CNCC=Cc1c(F)ccc(OC)c1F. The second kappa shape index (κ2) is 5.46. The van der Waals surface area contributed by atoms with Crippen molar-refractivity contribution in [2.45, 2.75) is 0 Å². The Balaban J connectivity index is 3.04. The predicted octanol–water partition coefficient (Wildman–Crippen LogP) is 2.21. The Morgan fingerprint density at radius 3 is 2.73 bits per heavy atom. The molecule has 4 heteroatoms. The maximum Gasteiger partial charge on any atom is 0.175 e. The molecule has 0 saturated heterocycles. The molecule has 0 aliphatic heterocycles. The summed E-state index contributed by atoms with van der Waals surface area (Å²) in [7, 11) is 3.10. The fourth-order valence-corrected chi connectivity index (χ4v) is 1.15. The molecule has 1 aromatic rings. The van der Waals surface area contributed by atoms with Gasteiger partial charge in [-0.15, -0.1) is 0 Å². The van der Waals surface area contributed by atoms with E-state index < -0.39 is 11.6 Å². The van der Waals surface area contributed by atoms with Gasteiger partial charge in [-0.25, -0.2) is 8.78 Å². The molecule has 1 N–H and O–H groups in total. The number of likely N-dealkylation sites (N-methyl/N-ethyl adjacent to an activating group) is 1. The van der Waals surface area contributed by atoms with E-state index in [1.54, 1.807) is 13.1 Å². The predicted molar refractivity (Wildman–Crippen MR) is 55.9 cm³/mol. The fraction of sp³-hybridized carbons (Fsp3) is 0.273. The highest BCUT2D eigenvalue weighted by Crippen LogP contribution is 2.23. The molecule has 0 saturated carbocycles. The molecule has 0 aliphatic rings. The highest BCUT2D eigenvalue weighted by atomic mass is 19.1. The molecular formula is C11H13F2NO. The van der Waals surface area contributed by atoms with Crippen LogP contribution < -0.4 is 10.1 Å². The maximum atomic E-state index is 13.5. The zero-order valence-corrected chi connectivity index (χ0v) is 8.68. The molecule has 1 aromatic carbocycles. The van der Waals surface area contributed by atoms with Crippen LogP contribution in [-0.4, -0.2) is 20.7 Å². The number of methoxy groups -OCH3 is 1. The Morgan fingerprint density at radius 2 is 2.13 bits per heavy atom. The summed E-state index contributed by atoms with van der Waals surface area (Å²) < 4.78 is 31.5. The number of halogens is 2. The molecule has 0 bridgehead atoms. The molecule has 0 heterocycles. The first kappa shape index (κ1) is 11.7. The first-order valence-electron chi connectivity index (χ1n) is 4.53. The van der Waals surface area contributed by atoms with Gasteiger partial charge >= 0.3 is 0 Å². The van der Waals surface area contributed by atoms with Gasteiger partial charge in [-0.05, 0) is 19.2 Å². The van der Waals surface area contributed by atoms with Gasteiger partial charge in [0.05, 0.1) is 7.11 Å². The molecule has 0 spiro atoms. The highest BCUT2D eigenvalue weighted by molar-refractivity contribution is 5.54. The Hall–Kier alpha value is -1.42. The number of benzene rings is 1. The lowest BCUT2D eigenvalue weighted by molar-refractivity contribution is 0.383. The molecule has 2 nitrogen and oxygen atoms in total. The summed E-state index contributed by atoms with van der Waals surface area (Å²) in [5, 5.41) is 2.84. The minimum Gasteiger partial charge on any atom is -0.494 e. The quantitative estimate of drug-likeness (QED) is 0.827. The average molecular weight is 213 g/mol. The summed E-state index contributed by atoms with van der Waals surface area (Å²) in [6.45, 7) is 0.552. The van der Waals surface area contributed by atoms with Gasteiger partial charge < -0.3 is 10.1 Å². The van der Waals surface area contributed by atoms with Crippen LogP contribution in [0.5, 0.6) is 5.75 Å². The molecule has 0 fully saturated rings. The summed E-state index contributed by atoms with van der Waals surface area (Å²) >= 11 is 0. The van der Waals surface area contributed by atoms with Crippen LogP contribution in [0.4, 0.5) is 8.78 Å². The largest absolute Gasteiger partial charge is 0.494 e. The van der Waals surface area contributed by atoms with Crippen LogP contribution in [0.1, 0.15) is 5.56 Å². The minimum absolute atomic E-state index is 0.0421. The first-order valence-corrected chi connectivity index (χ1v) is 4.53. The Morgan fingerprint density at radius 1 is 1.40 bits per heavy atom. The van der Waals surface area contributed by atoms with E-state index >= 15 is 0 Å². The normalized spacial score (nSPS) is 10.9. The van der Waals surface area contributed by atoms with Gasteiger partial charge in [0.15, 0.2) is 11.6 Å². The molecule has 0 aromatic heterocycles. The standard InChI is InChI=1S/C11H13F2NO/c1-14-7-3-4-8-9(12)5-6-10(15-2)11(8)13/h3-6,14H,7H2,1-2H3. The smallest absolute Gasteiger partial charge is 0.175 e. The van der Waals surface area contributed by atoms with Gasteiger partial charge in [-0.1, -0.05) is 12.2 Å². The molecule has 0 atom stereocenters. The number of ether oxygens (including phenoxy) is 1. The number of hydrogen-bond donors (Lipinski definition) is 1. The van der Waals surface area contributed by atoms with Gasteiger partial charge in [0, 0.05) is 12.1 Å². The van der Waals surface area contributed by atoms with Gasteiger partial charge in [0.25, 0.3) is 0 Å². The summed E-state index contributed by atoms with van der Waals surface area (Å²) in [4.78, 5) is 0. The lowest BCUT2D eigenvalue weighted by Crippen LogP contribution is -2.04. The van der Waals surface area contributed by atoms with Crippen molar-refractivity contribution in [3.63, 3.8) is 0 Å². The molecule has 0 amide bonds. The topological polar surface area (TPSA) is 21.3 Å². The van der Waals surface area contributed by atoms with E-state index in [1.807, 2.05) is 0 Å². The molecule has 1 rings (SSSR count). The number of nitrogens with one attached hydrogen (secondary N) is 1. The van der Waals surface area contributed by atoms with Crippen molar-refractivity contribution in [3.8, 4) is 5.75 Å². The van der Waals surface area contributed by atoms with Gasteiger partial charge in [-0.3, -0.25) is 0 Å². The van der Waals surface area contributed by atoms with Crippen LogP contribution >= 0.6 is 0 Å². The lowest BCUT2D eigenvalue weighted by Gasteiger charge is -2.05. The van der Waals surface area contributed by atoms with Crippen LogP contribution in [-0.2, 0) is 0 Å². The Labute approximate surface area is 87.6 Å².